The minimum atomic E-state index is -0.335. The van der Waals surface area contributed by atoms with E-state index >= 15 is 0 Å². The molecule has 0 fully saturated rings. The van der Waals surface area contributed by atoms with Crippen LogP contribution < -0.4 is 0 Å². The smallest absolute Gasteiger partial charge is 0.348 e. The number of methoxy groups -OCH3 is 1. The third-order valence-electron chi connectivity index (χ3n) is 2.38. The number of aromatic hydroxyl groups is 1. The van der Waals surface area contributed by atoms with Crippen molar-refractivity contribution in [2.45, 2.75) is 6.92 Å². The van der Waals surface area contributed by atoms with Gasteiger partial charge in [0.05, 0.1) is 7.11 Å². The van der Waals surface area contributed by atoms with Gasteiger partial charge in [-0.25, -0.2) is 4.79 Å². The van der Waals surface area contributed by atoms with Gasteiger partial charge in [-0.2, -0.15) is 0 Å². The Morgan fingerprint density at radius 2 is 2.00 bits per heavy atom. The summed E-state index contributed by atoms with van der Waals surface area (Å²) in [6.07, 6.45) is 0. The number of carbonyl (C=O) groups excluding carboxylic acids is 1. The Kier molecular flexibility index (Phi) is 3.15. The predicted octanol–water partition coefficient (Wildman–Crippen LogP) is 3.22. The quantitative estimate of drug-likeness (QED) is 0.830. The minimum Gasteiger partial charge on any atom is -0.508 e. The standard InChI is InChI=1S/C13H12O3S/c1-8-3-9(5-11(14)4-8)10-6-12(17-7-10)13(15)16-2/h3-7,14H,1-2H3. The van der Waals surface area contributed by atoms with Gasteiger partial charge in [0.15, 0.2) is 0 Å². The maximum absolute atomic E-state index is 11.3. The second-order valence-electron chi connectivity index (χ2n) is 3.75. The van der Waals surface area contributed by atoms with E-state index in [1.807, 2.05) is 18.4 Å². The monoisotopic (exact) mass is 248 g/mol. The van der Waals surface area contributed by atoms with Crippen molar-refractivity contribution in [2.24, 2.45) is 0 Å². The third kappa shape index (κ3) is 2.47. The van der Waals surface area contributed by atoms with Crippen molar-refractivity contribution >= 4 is 17.3 Å². The van der Waals surface area contributed by atoms with Crippen LogP contribution in [0.1, 0.15) is 15.2 Å². The maximum atomic E-state index is 11.3. The second kappa shape index (κ2) is 4.59. The van der Waals surface area contributed by atoms with Crippen LogP contribution in [0.2, 0.25) is 0 Å². The molecular weight excluding hydrogens is 236 g/mol. The molecule has 0 radical (unpaired) electrons. The Hall–Kier alpha value is -1.81. The van der Waals surface area contributed by atoms with Gasteiger partial charge in [0.2, 0.25) is 0 Å². The molecule has 0 unspecified atom stereocenters. The molecule has 1 aromatic carbocycles. The van der Waals surface area contributed by atoms with E-state index in [-0.39, 0.29) is 11.7 Å². The van der Waals surface area contributed by atoms with Crippen molar-refractivity contribution in [3.63, 3.8) is 0 Å². The molecule has 2 rings (SSSR count). The molecule has 0 aliphatic carbocycles. The number of ether oxygens (including phenoxy) is 1. The van der Waals surface area contributed by atoms with Crippen molar-refractivity contribution in [1.82, 2.24) is 0 Å². The highest BCUT2D eigenvalue weighted by molar-refractivity contribution is 7.12. The predicted molar refractivity (Wildman–Crippen MR) is 67.5 cm³/mol. The zero-order valence-electron chi connectivity index (χ0n) is 9.56. The summed E-state index contributed by atoms with van der Waals surface area (Å²) >= 11 is 1.33. The van der Waals surface area contributed by atoms with Crippen molar-refractivity contribution in [2.75, 3.05) is 7.11 Å². The lowest BCUT2D eigenvalue weighted by atomic mass is 10.1. The SMILES string of the molecule is COC(=O)c1cc(-c2cc(C)cc(O)c2)cs1. The zero-order valence-corrected chi connectivity index (χ0v) is 10.4. The molecule has 0 aliphatic heterocycles. The molecule has 0 atom stereocenters. The van der Waals surface area contributed by atoms with Gasteiger partial charge in [-0.05, 0) is 47.2 Å². The molecule has 0 bridgehead atoms. The second-order valence-corrected chi connectivity index (χ2v) is 4.66. The summed E-state index contributed by atoms with van der Waals surface area (Å²) in [6, 6.07) is 7.10. The maximum Gasteiger partial charge on any atom is 0.348 e. The summed E-state index contributed by atoms with van der Waals surface area (Å²) in [7, 11) is 1.36. The largest absolute Gasteiger partial charge is 0.508 e. The molecule has 0 amide bonds. The molecule has 1 heterocycles. The Morgan fingerprint density at radius 1 is 1.24 bits per heavy atom. The lowest BCUT2D eigenvalue weighted by molar-refractivity contribution is 0.0606. The van der Waals surface area contributed by atoms with Gasteiger partial charge < -0.3 is 9.84 Å². The summed E-state index contributed by atoms with van der Waals surface area (Å²) in [6.45, 7) is 1.91. The van der Waals surface area contributed by atoms with Crippen molar-refractivity contribution in [3.05, 3.63) is 40.1 Å². The van der Waals surface area contributed by atoms with E-state index in [0.29, 0.717) is 4.88 Å². The van der Waals surface area contributed by atoms with Crippen LogP contribution in [-0.2, 0) is 4.74 Å². The number of benzene rings is 1. The first-order valence-electron chi connectivity index (χ1n) is 5.08. The molecule has 17 heavy (non-hydrogen) atoms. The molecule has 2 aromatic rings. The number of aryl methyl sites for hydroxylation is 1. The fourth-order valence-corrected chi connectivity index (χ4v) is 2.46. The van der Waals surface area contributed by atoms with E-state index in [1.165, 1.54) is 18.4 Å². The molecular formula is C13H12O3S. The van der Waals surface area contributed by atoms with Gasteiger partial charge in [0, 0.05) is 0 Å². The molecule has 1 N–H and O–H groups in total. The summed E-state index contributed by atoms with van der Waals surface area (Å²) in [4.78, 5) is 11.9. The van der Waals surface area contributed by atoms with Crippen LogP contribution in [0.5, 0.6) is 5.75 Å². The first-order chi connectivity index (χ1) is 8.10. The van der Waals surface area contributed by atoms with Crippen LogP contribution >= 0.6 is 11.3 Å². The van der Waals surface area contributed by atoms with Crippen LogP contribution in [0, 0.1) is 6.92 Å². The Morgan fingerprint density at radius 3 is 2.65 bits per heavy atom. The number of hydrogen-bond donors (Lipinski definition) is 1. The van der Waals surface area contributed by atoms with Gasteiger partial charge >= 0.3 is 5.97 Å². The van der Waals surface area contributed by atoms with E-state index in [0.717, 1.165) is 16.7 Å². The molecule has 4 heteroatoms. The normalized spacial score (nSPS) is 10.2. The number of thiophene rings is 1. The van der Waals surface area contributed by atoms with E-state index in [1.54, 1.807) is 18.2 Å². The summed E-state index contributed by atoms with van der Waals surface area (Å²) in [5.74, 6) is -0.107. The highest BCUT2D eigenvalue weighted by Crippen LogP contribution is 2.29. The van der Waals surface area contributed by atoms with Gasteiger partial charge in [0.1, 0.15) is 10.6 Å². The molecule has 1 aromatic heterocycles. The van der Waals surface area contributed by atoms with Crippen LogP contribution in [0.25, 0.3) is 11.1 Å². The average molecular weight is 248 g/mol. The van der Waals surface area contributed by atoms with Crippen LogP contribution in [0.4, 0.5) is 0 Å². The molecule has 0 spiro atoms. The van der Waals surface area contributed by atoms with Crippen molar-refractivity contribution in [1.29, 1.82) is 0 Å². The van der Waals surface area contributed by atoms with Crippen molar-refractivity contribution in [3.8, 4) is 16.9 Å². The van der Waals surface area contributed by atoms with Gasteiger partial charge in [-0.15, -0.1) is 11.3 Å². The summed E-state index contributed by atoms with van der Waals surface area (Å²) in [5.41, 5.74) is 2.79. The highest BCUT2D eigenvalue weighted by Gasteiger charge is 2.10. The number of phenols is 1. The molecule has 0 aliphatic rings. The highest BCUT2D eigenvalue weighted by atomic mass is 32.1. The topological polar surface area (TPSA) is 46.5 Å². The van der Waals surface area contributed by atoms with Crippen molar-refractivity contribution < 1.29 is 14.6 Å². The number of rotatable bonds is 2. The molecule has 88 valence electrons. The lowest BCUT2D eigenvalue weighted by Gasteiger charge is -2.01. The van der Waals surface area contributed by atoms with E-state index in [9.17, 15) is 9.90 Å². The van der Waals surface area contributed by atoms with E-state index in [2.05, 4.69) is 4.74 Å². The van der Waals surface area contributed by atoms with E-state index < -0.39 is 0 Å². The van der Waals surface area contributed by atoms with Gasteiger partial charge in [-0.1, -0.05) is 6.07 Å². The number of carbonyl (C=O) groups is 1. The average Bonchev–Trinajstić information content (AvgIpc) is 2.76. The minimum absolute atomic E-state index is 0.228. The fourth-order valence-electron chi connectivity index (χ4n) is 1.62. The Labute approximate surface area is 103 Å². The summed E-state index contributed by atoms with van der Waals surface area (Å²) < 4.78 is 4.66. The fraction of sp³-hybridized carbons (Fsp3) is 0.154. The number of phenolic OH excluding ortho intramolecular Hbond substituents is 1. The summed E-state index contributed by atoms with van der Waals surface area (Å²) in [5, 5.41) is 11.4. The first-order valence-corrected chi connectivity index (χ1v) is 5.96. The first kappa shape index (κ1) is 11.7. The Bertz CT molecular complexity index is 537. The molecule has 0 saturated heterocycles. The van der Waals surface area contributed by atoms with Gasteiger partial charge in [-0.3, -0.25) is 0 Å². The third-order valence-corrected chi connectivity index (χ3v) is 3.29. The van der Waals surface area contributed by atoms with E-state index in [4.69, 9.17) is 0 Å². The molecule has 3 nitrogen and oxygen atoms in total. The number of esters is 1. The molecule has 0 saturated carbocycles. The van der Waals surface area contributed by atoms with Crippen LogP contribution in [-0.4, -0.2) is 18.2 Å². The van der Waals surface area contributed by atoms with Crippen LogP contribution in [0.3, 0.4) is 0 Å². The zero-order chi connectivity index (χ0) is 12.4. The lowest BCUT2D eigenvalue weighted by Crippen LogP contribution is -1.96. The number of hydrogen-bond acceptors (Lipinski definition) is 4. The van der Waals surface area contributed by atoms with Crippen LogP contribution in [0.15, 0.2) is 29.6 Å². The van der Waals surface area contributed by atoms with Gasteiger partial charge in [0.25, 0.3) is 0 Å². The Balaban J connectivity index is 2.40.